The van der Waals surface area contributed by atoms with Gasteiger partial charge in [0, 0.05) is 44.7 Å². The highest BCUT2D eigenvalue weighted by Crippen LogP contribution is 2.54. The maximum Gasteiger partial charge on any atom is 0.0569 e. The number of rotatable bonds is 9. The van der Waals surface area contributed by atoms with Gasteiger partial charge in [0.05, 0.1) is 11.4 Å². The Morgan fingerprint density at radius 3 is 1.04 bits per heavy atom. The summed E-state index contributed by atoms with van der Waals surface area (Å²) in [5.74, 6) is 0. The van der Waals surface area contributed by atoms with Crippen molar-refractivity contribution in [2.24, 2.45) is 0 Å². The number of para-hydroxylation sites is 2. The van der Waals surface area contributed by atoms with E-state index in [1.165, 1.54) is 133 Å². The molecule has 2 heteroatoms. The molecule has 0 unspecified atom stereocenters. The Bertz CT molecular complexity index is 4200. The van der Waals surface area contributed by atoms with Crippen LogP contribution >= 0.6 is 0 Å². The Hall–Kier alpha value is -9.24. The van der Waals surface area contributed by atoms with Crippen LogP contribution in [0.1, 0.15) is 72.2 Å². The number of benzene rings is 12. The lowest BCUT2D eigenvalue weighted by atomic mass is 9.81. The predicted molar refractivity (Wildman–Crippen MR) is 341 cm³/mol. The molecule has 0 radical (unpaired) electrons. The van der Waals surface area contributed by atoms with E-state index >= 15 is 0 Å². The van der Waals surface area contributed by atoms with Gasteiger partial charge in [-0.3, -0.25) is 0 Å². The SMILES string of the molecule is Cc1cc(-c2ccc(N(c3ccc4ccccc4c3)c3c(C)cccc3-c3ccc4c(c3)C(C)(C)c3ccccc3-4)c(C)c2)ccc1N(c1ccc2ccccc2c1)c1c(C)cccc1-c1ccc2c(c1)C(C)(C)c1ccccc1-2. The van der Waals surface area contributed by atoms with Crippen LogP contribution in [0.2, 0.25) is 0 Å². The topological polar surface area (TPSA) is 6.48 Å². The van der Waals surface area contributed by atoms with Crippen molar-refractivity contribution >= 4 is 55.7 Å². The van der Waals surface area contributed by atoms with Gasteiger partial charge >= 0.3 is 0 Å². The van der Waals surface area contributed by atoms with Crippen molar-refractivity contribution in [3.05, 3.63) is 287 Å². The summed E-state index contributed by atoms with van der Waals surface area (Å²) in [5, 5.41) is 4.88. The molecule has 14 rings (SSSR count). The molecule has 0 N–H and O–H groups in total. The highest BCUT2D eigenvalue weighted by atomic mass is 15.2. The van der Waals surface area contributed by atoms with Gasteiger partial charge in [-0.2, -0.15) is 0 Å². The summed E-state index contributed by atoms with van der Waals surface area (Å²) in [6.45, 7) is 18.6. The second kappa shape index (κ2) is 18.7. The number of hydrogen-bond acceptors (Lipinski definition) is 2. The van der Waals surface area contributed by atoms with Crippen LogP contribution in [0.5, 0.6) is 0 Å². The fourth-order valence-corrected chi connectivity index (χ4v) is 13.7. The molecular weight excluding hydrogens is 965 g/mol. The molecule has 0 saturated carbocycles. The van der Waals surface area contributed by atoms with E-state index in [4.69, 9.17) is 0 Å². The van der Waals surface area contributed by atoms with Gasteiger partial charge in [-0.15, -0.1) is 0 Å². The van der Waals surface area contributed by atoms with Crippen LogP contribution in [0, 0.1) is 27.7 Å². The van der Waals surface area contributed by atoms with Crippen LogP contribution in [0.15, 0.2) is 243 Å². The molecule has 12 aromatic carbocycles. The van der Waals surface area contributed by atoms with E-state index in [0.29, 0.717) is 0 Å². The second-order valence-corrected chi connectivity index (χ2v) is 23.5. The van der Waals surface area contributed by atoms with Crippen molar-refractivity contribution in [1.29, 1.82) is 0 Å². The Balaban J connectivity index is 0.883. The van der Waals surface area contributed by atoms with Crippen LogP contribution < -0.4 is 9.80 Å². The number of nitrogens with zero attached hydrogens (tertiary/aromatic N) is 2. The standard InChI is InChI=1S/C78H64N2/c1-49-19-17-27-63(59-33-39-67-65-25-13-15-29-69(65)77(5,6)71(67)47-59)75(49)79(61-37-31-53-21-9-11-23-55(53)45-61)73-41-35-57(43-51(73)3)58-36-42-74(52(4)44-58)80(62-38-32-54-22-10-12-24-56(54)46-62)76-50(2)20-18-28-64(76)60-34-40-68-66-26-14-16-30-70(66)78(7,8)72(68)48-60/h9-48H,1-8H3. The van der Waals surface area contributed by atoms with E-state index in [0.717, 1.165) is 22.7 Å². The van der Waals surface area contributed by atoms with E-state index in [2.05, 4.69) is 308 Å². The molecule has 0 spiro atoms. The zero-order valence-corrected chi connectivity index (χ0v) is 47.0. The van der Waals surface area contributed by atoms with Crippen molar-refractivity contribution in [3.63, 3.8) is 0 Å². The van der Waals surface area contributed by atoms with Gasteiger partial charge in [0.2, 0.25) is 0 Å². The first-order valence-electron chi connectivity index (χ1n) is 28.3. The van der Waals surface area contributed by atoms with Crippen LogP contribution in [0.25, 0.3) is 77.2 Å². The Morgan fingerprint density at radius 1 is 0.250 bits per heavy atom. The molecular formula is C78H64N2. The van der Waals surface area contributed by atoms with Gasteiger partial charge in [-0.05, 0) is 199 Å². The summed E-state index contributed by atoms with van der Waals surface area (Å²) in [6.07, 6.45) is 0. The average molecular weight is 1030 g/mol. The Kier molecular flexibility index (Phi) is 11.5. The summed E-state index contributed by atoms with van der Waals surface area (Å²) < 4.78 is 0. The molecule has 0 fully saturated rings. The summed E-state index contributed by atoms with van der Waals surface area (Å²) in [6, 6.07) is 91.1. The van der Waals surface area contributed by atoms with Crippen LogP contribution in [-0.4, -0.2) is 0 Å². The molecule has 0 saturated heterocycles. The minimum absolute atomic E-state index is 0.112. The maximum atomic E-state index is 2.51. The van der Waals surface area contributed by atoms with Crippen molar-refractivity contribution in [2.75, 3.05) is 9.80 Å². The fourth-order valence-electron chi connectivity index (χ4n) is 13.7. The van der Waals surface area contributed by atoms with E-state index < -0.39 is 0 Å². The first kappa shape index (κ1) is 49.1. The molecule has 12 aromatic rings. The normalized spacial score (nSPS) is 13.4. The molecule has 0 heterocycles. The third-order valence-corrected chi connectivity index (χ3v) is 17.9. The largest absolute Gasteiger partial charge is 0.309 e. The lowest BCUT2D eigenvalue weighted by molar-refractivity contribution is 0.660. The molecule has 386 valence electrons. The zero-order chi connectivity index (χ0) is 54.6. The highest BCUT2D eigenvalue weighted by Gasteiger charge is 2.37. The summed E-state index contributed by atoms with van der Waals surface area (Å²) in [7, 11) is 0. The van der Waals surface area contributed by atoms with E-state index in [-0.39, 0.29) is 10.8 Å². The molecule has 80 heavy (non-hydrogen) atoms. The van der Waals surface area contributed by atoms with Gasteiger partial charge in [0.1, 0.15) is 0 Å². The number of anilines is 6. The molecule has 2 aliphatic rings. The lowest BCUT2D eigenvalue weighted by Crippen LogP contribution is -2.16. The van der Waals surface area contributed by atoms with Crippen molar-refractivity contribution in [3.8, 4) is 55.6 Å². The van der Waals surface area contributed by atoms with Crippen LogP contribution in [0.4, 0.5) is 34.1 Å². The van der Waals surface area contributed by atoms with Gasteiger partial charge < -0.3 is 9.80 Å². The minimum atomic E-state index is -0.112. The smallest absolute Gasteiger partial charge is 0.0569 e. The Morgan fingerprint density at radius 2 is 0.613 bits per heavy atom. The van der Waals surface area contributed by atoms with Gasteiger partial charge in [0.25, 0.3) is 0 Å². The third kappa shape index (κ3) is 7.83. The minimum Gasteiger partial charge on any atom is -0.309 e. The maximum absolute atomic E-state index is 2.51. The molecule has 0 bridgehead atoms. The third-order valence-electron chi connectivity index (χ3n) is 17.9. The summed E-state index contributed by atoms with van der Waals surface area (Å²) in [5.41, 5.74) is 29.6. The molecule has 0 aromatic heterocycles. The summed E-state index contributed by atoms with van der Waals surface area (Å²) >= 11 is 0. The predicted octanol–water partition coefficient (Wildman–Crippen LogP) is 21.8. The first-order chi connectivity index (χ1) is 38.8. The number of fused-ring (bicyclic) bond motifs is 8. The van der Waals surface area contributed by atoms with E-state index in [1.54, 1.807) is 0 Å². The fraction of sp³-hybridized carbons (Fsp3) is 0.128. The molecule has 0 atom stereocenters. The quantitative estimate of drug-likeness (QED) is 0.142. The van der Waals surface area contributed by atoms with Gasteiger partial charge in [0.15, 0.2) is 0 Å². The summed E-state index contributed by atoms with van der Waals surface area (Å²) in [4.78, 5) is 5.03. The van der Waals surface area contributed by atoms with Crippen molar-refractivity contribution in [2.45, 2.75) is 66.2 Å². The number of hydrogen-bond donors (Lipinski definition) is 0. The monoisotopic (exact) mass is 1030 g/mol. The molecule has 0 aliphatic heterocycles. The van der Waals surface area contributed by atoms with E-state index in [1.807, 2.05) is 0 Å². The molecule has 0 amide bonds. The zero-order valence-electron chi connectivity index (χ0n) is 47.0. The Labute approximate surface area is 471 Å². The first-order valence-corrected chi connectivity index (χ1v) is 28.3. The molecule has 2 nitrogen and oxygen atoms in total. The average Bonchev–Trinajstić information content (AvgIpc) is 4.05. The van der Waals surface area contributed by atoms with Crippen LogP contribution in [-0.2, 0) is 10.8 Å². The highest BCUT2D eigenvalue weighted by molar-refractivity contribution is 5.98. The lowest BCUT2D eigenvalue weighted by Gasteiger charge is -2.32. The van der Waals surface area contributed by atoms with Crippen molar-refractivity contribution < 1.29 is 0 Å². The van der Waals surface area contributed by atoms with E-state index in [9.17, 15) is 0 Å². The van der Waals surface area contributed by atoms with Gasteiger partial charge in [-0.1, -0.05) is 210 Å². The van der Waals surface area contributed by atoms with Crippen LogP contribution in [0.3, 0.4) is 0 Å². The van der Waals surface area contributed by atoms with Crippen molar-refractivity contribution in [1.82, 2.24) is 0 Å². The molecule has 2 aliphatic carbocycles. The number of aryl methyl sites for hydroxylation is 4. The second-order valence-electron chi connectivity index (χ2n) is 23.5. The van der Waals surface area contributed by atoms with Gasteiger partial charge in [-0.25, -0.2) is 0 Å².